The first-order valence-electron chi connectivity index (χ1n) is 5.01. The van der Waals surface area contributed by atoms with Gasteiger partial charge in [-0.05, 0) is 6.42 Å². The fraction of sp³-hybridized carbons (Fsp3) is 1.00. The van der Waals surface area contributed by atoms with Gasteiger partial charge in [0.2, 0.25) is 0 Å². The fourth-order valence-electron chi connectivity index (χ4n) is 2.75. The number of ether oxygens (including phenoxy) is 1. The molecule has 1 aliphatic carbocycles. The van der Waals surface area contributed by atoms with Crippen LogP contribution in [0.5, 0.6) is 0 Å². The van der Waals surface area contributed by atoms with E-state index in [0.717, 1.165) is 0 Å². The molecule has 0 radical (unpaired) electrons. The van der Waals surface area contributed by atoms with Gasteiger partial charge in [0.15, 0.2) is 6.29 Å². The standard InChI is InChI=1S/C9H16O6/c10-3-9(14)5-4(6(11)7(9)12)1-2-15-8(5)13/h4-8,10-14H,1-3H2. The minimum Gasteiger partial charge on any atom is -0.393 e. The summed E-state index contributed by atoms with van der Waals surface area (Å²) in [6.45, 7) is -0.444. The Morgan fingerprint density at radius 1 is 1.27 bits per heavy atom. The van der Waals surface area contributed by atoms with Crippen LogP contribution in [-0.2, 0) is 4.74 Å². The largest absolute Gasteiger partial charge is 0.393 e. The maximum atomic E-state index is 10.0. The summed E-state index contributed by atoms with van der Waals surface area (Å²) in [4.78, 5) is 0. The molecule has 0 aromatic carbocycles. The molecule has 88 valence electrons. The van der Waals surface area contributed by atoms with Crippen molar-refractivity contribution in [2.45, 2.75) is 30.5 Å². The van der Waals surface area contributed by atoms with Gasteiger partial charge in [-0.3, -0.25) is 0 Å². The van der Waals surface area contributed by atoms with Crippen molar-refractivity contribution in [2.75, 3.05) is 13.2 Å². The van der Waals surface area contributed by atoms with E-state index in [1.54, 1.807) is 0 Å². The van der Waals surface area contributed by atoms with E-state index in [1.807, 2.05) is 0 Å². The first-order valence-corrected chi connectivity index (χ1v) is 5.01. The van der Waals surface area contributed by atoms with E-state index < -0.39 is 42.5 Å². The van der Waals surface area contributed by atoms with E-state index in [0.29, 0.717) is 6.42 Å². The minimum absolute atomic E-state index is 0.271. The molecule has 0 bridgehead atoms. The van der Waals surface area contributed by atoms with Crippen molar-refractivity contribution in [1.82, 2.24) is 0 Å². The van der Waals surface area contributed by atoms with Crippen molar-refractivity contribution in [1.29, 1.82) is 0 Å². The predicted octanol–water partition coefficient (Wildman–Crippen LogP) is -2.58. The SMILES string of the molecule is OCC1(O)C(O)C(O)C2CCOC(O)C21. The Morgan fingerprint density at radius 3 is 2.53 bits per heavy atom. The molecule has 0 spiro atoms. The maximum absolute atomic E-state index is 10.0. The molecule has 0 amide bonds. The average molecular weight is 220 g/mol. The van der Waals surface area contributed by atoms with E-state index in [9.17, 15) is 20.4 Å². The number of hydrogen-bond donors (Lipinski definition) is 5. The third kappa shape index (κ3) is 1.41. The lowest BCUT2D eigenvalue weighted by Gasteiger charge is -2.37. The highest BCUT2D eigenvalue weighted by Crippen LogP contribution is 2.46. The van der Waals surface area contributed by atoms with Crippen LogP contribution in [0.4, 0.5) is 0 Å². The van der Waals surface area contributed by atoms with Crippen LogP contribution in [0, 0.1) is 11.8 Å². The molecule has 0 aromatic rings. The van der Waals surface area contributed by atoms with Crippen LogP contribution in [0.2, 0.25) is 0 Å². The fourth-order valence-corrected chi connectivity index (χ4v) is 2.75. The molecule has 6 atom stereocenters. The van der Waals surface area contributed by atoms with E-state index in [2.05, 4.69) is 0 Å². The van der Waals surface area contributed by atoms with Crippen LogP contribution >= 0.6 is 0 Å². The number of rotatable bonds is 1. The third-order valence-electron chi connectivity index (χ3n) is 3.61. The van der Waals surface area contributed by atoms with Crippen LogP contribution in [0.25, 0.3) is 0 Å². The monoisotopic (exact) mass is 220 g/mol. The first kappa shape index (κ1) is 11.3. The number of fused-ring (bicyclic) bond motifs is 1. The highest BCUT2D eigenvalue weighted by Gasteiger charge is 2.62. The highest BCUT2D eigenvalue weighted by molar-refractivity contribution is 5.09. The van der Waals surface area contributed by atoms with Gasteiger partial charge in [0, 0.05) is 11.8 Å². The van der Waals surface area contributed by atoms with Gasteiger partial charge in [0.05, 0.1) is 19.3 Å². The van der Waals surface area contributed by atoms with Crippen LogP contribution < -0.4 is 0 Å². The smallest absolute Gasteiger partial charge is 0.160 e. The molecule has 1 saturated heterocycles. The van der Waals surface area contributed by atoms with Crippen LogP contribution in [-0.4, -0.2) is 62.8 Å². The normalized spacial score (nSPS) is 55.4. The van der Waals surface area contributed by atoms with Gasteiger partial charge in [0.25, 0.3) is 0 Å². The third-order valence-corrected chi connectivity index (χ3v) is 3.61. The second-order valence-corrected chi connectivity index (χ2v) is 4.32. The van der Waals surface area contributed by atoms with Crippen molar-refractivity contribution < 1.29 is 30.3 Å². The molecular weight excluding hydrogens is 204 g/mol. The molecule has 2 aliphatic rings. The topological polar surface area (TPSA) is 110 Å². The lowest BCUT2D eigenvalue weighted by atomic mass is 9.82. The summed E-state index contributed by atoms with van der Waals surface area (Å²) < 4.78 is 4.95. The summed E-state index contributed by atoms with van der Waals surface area (Å²) in [5, 5.41) is 48.0. The lowest BCUT2D eigenvalue weighted by molar-refractivity contribution is -0.228. The van der Waals surface area contributed by atoms with Crippen LogP contribution in [0.3, 0.4) is 0 Å². The van der Waals surface area contributed by atoms with Gasteiger partial charge in [-0.15, -0.1) is 0 Å². The predicted molar refractivity (Wildman–Crippen MR) is 47.6 cm³/mol. The van der Waals surface area contributed by atoms with E-state index >= 15 is 0 Å². The summed E-state index contributed by atoms with van der Waals surface area (Å²) >= 11 is 0. The van der Waals surface area contributed by atoms with E-state index in [4.69, 9.17) is 9.84 Å². The Bertz CT molecular complexity index is 247. The minimum atomic E-state index is -1.88. The van der Waals surface area contributed by atoms with Gasteiger partial charge in [-0.2, -0.15) is 0 Å². The van der Waals surface area contributed by atoms with Crippen molar-refractivity contribution in [3.8, 4) is 0 Å². The lowest BCUT2D eigenvalue weighted by Crippen LogP contribution is -2.53. The Hall–Kier alpha value is -0.240. The molecule has 1 aliphatic heterocycles. The van der Waals surface area contributed by atoms with Crippen molar-refractivity contribution in [3.63, 3.8) is 0 Å². The highest BCUT2D eigenvalue weighted by atomic mass is 16.6. The molecule has 6 heteroatoms. The second-order valence-electron chi connectivity index (χ2n) is 4.32. The van der Waals surface area contributed by atoms with Gasteiger partial charge in [-0.25, -0.2) is 0 Å². The molecule has 1 saturated carbocycles. The number of aliphatic hydroxyl groups is 5. The summed E-state index contributed by atoms with van der Waals surface area (Å²) in [7, 11) is 0. The molecule has 2 fully saturated rings. The van der Waals surface area contributed by atoms with Crippen molar-refractivity contribution >= 4 is 0 Å². The quantitative estimate of drug-likeness (QED) is 0.332. The van der Waals surface area contributed by atoms with Crippen molar-refractivity contribution in [2.24, 2.45) is 11.8 Å². The summed E-state index contributed by atoms with van der Waals surface area (Å²) in [5.41, 5.74) is -1.88. The summed E-state index contributed by atoms with van der Waals surface area (Å²) in [5.74, 6) is -1.29. The Kier molecular flexibility index (Phi) is 2.74. The molecule has 1 heterocycles. The van der Waals surface area contributed by atoms with E-state index in [-0.39, 0.29) is 6.61 Å². The number of hydrogen-bond acceptors (Lipinski definition) is 6. The zero-order chi connectivity index (χ0) is 11.2. The zero-order valence-electron chi connectivity index (χ0n) is 8.15. The molecule has 5 N–H and O–H groups in total. The van der Waals surface area contributed by atoms with Gasteiger partial charge >= 0.3 is 0 Å². The van der Waals surface area contributed by atoms with Gasteiger partial charge in [0.1, 0.15) is 11.7 Å². The number of aliphatic hydroxyl groups excluding tert-OH is 4. The first-order chi connectivity index (χ1) is 7.02. The summed E-state index contributed by atoms with van der Waals surface area (Å²) in [6.07, 6.45) is -3.39. The zero-order valence-corrected chi connectivity index (χ0v) is 8.15. The molecule has 6 nitrogen and oxygen atoms in total. The molecule has 15 heavy (non-hydrogen) atoms. The van der Waals surface area contributed by atoms with Gasteiger partial charge in [-0.1, -0.05) is 0 Å². The second kappa shape index (κ2) is 3.65. The van der Waals surface area contributed by atoms with Crippen molar-refractivity contribution in [3.05, 3.63) is 0 Å². The maximum Gasteiger partial charge on any atom is 0.160 e. The van der Waals surface area contributed by atoms with Crippen LogP contribution in [0.1, 0.15) is 6.42 Å². The van der Waals surface area contributed by atoms with Crippen LogP contribution in [0.15, 0.2) is 0 Å². The summed E-state index contributed by atoms with van der Waals surface area (Å²) in [6, 6.07) is 0. The average Bonchev–Trinajstić information content (AvgIpc) is 2.43. The Morgan fingerprint density at radius 2 is 1.93 bits per heavy atom. The molecular formula is C9H16O6. The Balaban J connectivity index is 2.32. The molecule has 0 aromatic heterocycles. The Labute approximate surface area is 86.7 Å². The molecule has 2 rings (SSSR count). The van der Waals surface area contributed by atoms with Gasteiger partial charge < -0.3 is 30.3 Å². The molecule has 6 unspecified atom stereocenters. The van der Waals surface area contributed by atoms with E-state index in [1.165, 1.54) is 0 Å².